The van der Waals surface area contributed by atoms with Gasteiger partial charge in [0.1, 0.15) is 6.54 Å². The molecule has 0 aliphatic carbocycles. The van der Waals surface area contributed by atoms with Gasteiger partial charge in [-0.2, -0.15) is 13.2 Å². The third-order valence-corrected chi connectivity index (χ3v) is 4.02. The van der Waals surface area contributed by atoms with Gasteiger partial charge in [0, 0.05) is 7.05 Å². The van der Waals surface area contributed by atoms with Crippen molar-refractivity contribution in [3.8, 4) is 0 Å². The SMILES string of the molecule is CNC(=O)NC(=O)[C@@H](C)Sc1nnc(NCC(F)(F)F)s1. The highest BCUT2D eigenvalue weighted by atomic mass is 32.2. The number of rotatable bonds is 5. The molecule has 21 heavy (non-hydrogen) atoms. The molecule has 1 rings (SSSR count). The van der Waals surface area contributed by atoms with E-state index in [9.17, 15) is 22.8 Å². The number of carbonyl (C=O) groups is 2. The average molecular weight is 343 g/mol. The molecule has 3 amide bonds. The third-order valence-electron chi connectivity index (χ3n) is 1.96. The van der Waals surface area contributed by atoms with E-state index in [1.165, 1.54) is 14.0 Å². The van der Waals surface area contributed by atoms with Gasteiger partial charge in [-0.1, -0.05) is 23.1 Å². The Morgan fingerprint density at radius 1 is 1.38 bits per heavy atom. The maximum atomic E-state index is 12.0. The summed E-state index contributed by atoms with van der Waals surface area (Å²) >= 11 is 1.88. The molecule has 0 saturated heterocycles. The fourth-order valence-corrected chi connectivity index (χ4v) is 2.88. The minimum Gasteiger partial charge on any atom is -0.351 e. The zero-order valence-electron chi connectivity index (χ0n) is 10.9. The maximum absolute atomic E-state index is 12.0. The number of amides is 3. The summed E-state index contributed by atoms with van der Waals surface area (Å²) in [7, 11) is 1.36. The van der Waals surface area contributed by atoms with E-state index in [0.29, 0.717) is 4.34 Å². The smallest absolute Gasteiger partial charge is 0.351 e. The van der Waals surface area contributed by atoms with Crippen molar-refractivity contribution in [2.75, 3.05) is 18.9 Å². The molecule has 0 unspecified atom stereocenters. The fourth-order valence-electron chi connectivity index (χ4n) is 0.985. The van der Waals surface area contributed by atoms with Gasteiger partial charge in [0.15, 0.2) is 4.34 Å². The van der Waals surface area contributed by atoms with E-state index >= 15 is 0 Å². The summed E-state index contributed by atoms with van der Waals surface area (Å²) in [4.78, 5) is 22.5. The number of aromatic nitrogens is 2. The highest BCUT2D eigenvalue weighted by Crippen LogP contribution is 2.29. The molecule has 0 aromatic carbocycles. The Hall–Kier alpha value is -1.56. The van der Waals surface area contributed by atoms with E-state index in [-0.39, 0.29) is 5.13 Å². The predicted octanol–water partition coefficient (Wildman–Crippen LogP) is 1.45. The van der Waals surface area contributed by atoms with E-state index in [4.69, 9.17) is 0 Å². The number of hydrogen-bond donors (Lipinski definition) is 3. The predicted molar refractivity (Wildman–Crippen MR) is 72.4 cm³/mol. The van der Waals surface area contributed by atoms with Crippen molar-refractivity contribution in [1.82, 2.24) is 20.8 Å². The van der Waals surface area contributed by atoms with Gasteiger partial charge in [0.25, 0.3) is 0 Å². The van der Waals surface area contributed by atoms with Gasteiger partial charge < -0.3 is 10.6 Å². The maximum Gasteiger partial charge on any atom is 0.405 e. The molecule has 12 heteroatoms. The van der Waals surface area contributed by atoms with Gasteiger partial charge in [-0.25, -0.2) is 4.79 Å². The van der Waals surface area contributed by atoms with Crippen LogP contribution in [-0.2, 0) is 4.79 Å². The number of hydrogen-bond acceptors (Lipinski definition) is 7. The molecule has 1 aromatic heterocycles. The molecule has 0 bridgehead atoms. The molecule has 1 aromatic rings. The number of imide groups is 1. The van der Waals surface area contributed by atoms with Crippen molar-refractivity contribution in [2.45, 2.75) is 22.7 Å². The molecule has 0 spiro atoms. The summed E-state index contributed by atoms with van der Waals surface area (Å²) in [6.07, 6.45) is -4.35. The highest BCUT2D eigenvalue weighted by molar-refractivity contribution is 8.02. The van der Waals surface area contributed by atoms with E-state index in [0.717, 1.165) is 23.1 Å². The third kappa shape index (κ3) is 6.62. The summed E-state index contributed by atoms with van der Waals surface area (Å²) < 4.78 is 36.4. The van der Waals surface area contributed by atoms with Crippen LogP contribution in [0.25, 0.3) is 0 Å². The lowest BCUT2D eigenvalue weighted by molar-refractivity contribution is -0.119. The van der Waals surface area contributed by atoms with Gasteiger partial charge >= 0.3 is 12.2 Å². The summed E-state index contributed by atoms with van der Waals surface area (Å²) in [6.45, 7) is 0.326. The number of thioether (sulfide) groups is 1. The molecule has 0 aliphatic heterocycles. The van der Waals surface area contributed by atoms with Crippen LogP contribution in [0.2, 0.25) is 0 Å². The fraction of sp³-hybridized carbons (Fsp3) is 0.556. The Morgan fingerprint density at radius 3 is 2.62 bits per heavy atom. The number of nitrogens with one attached hydrogen (secondary N) is 3. The molecule has 7 nitrogen and oxygen atoms in total. The van der Waals surface area contributed by atoms with Gasteiger partial charge in [-0.05, 0) is 6.92 Å². The van der Waals surface area contributed by atoms with Gasteiger partial charge in [0.05, 0.1) is 5.25 Å². The molecule has 1 atom stereocenters. The van der Waals surface area contributed by atoms with Crippen molar-refractivity contribution in [3.05, 3.63) is 0 Å². The Morgan fingerprint density at radius 2 is 2.05 bits per heavy atom. The van der Waals surface area contributed by atoms with E-state index < -0.39 is 29.9 Å². The molecule has 0 aliphatic rings. The average Bonchev–Trinajstić information content (AvgIpc) is 2.83. The van der Waals surface area contributed by atoms with Crippen molar-refractivity contribution in [3.63, 3.8) is 0 Å². The standard InChI is InChI=1S/C9H12F3N5O2S2/c1-4(5(18)15-6(19)13-2)20-8-17-16-7(21-8)14-3-9(10,11)12/h4H,3H2,1-2H3,(H,14,16)(H2,13,15,18,19)/t4-/m1/s1. The van der Waals surface area contributed by atoms with Crippen LogP contribution in [0.1, 0.15) is 6.92 Å². The van der Waals surface area contributed by atoms with E-state index in [1.807, 2.05) is 0 Å². The van der Waals surface area contributed by atoms with Crippen LogP contribution >= 0.6 is 23.1 Å². The van der Waals surface area contributed by atoms with Gasteiger partial charge in [0.2, 0.25) is 11.0 Å². The molecule has 0 fully saturated rings. The van der Waals surface area contributed by atoms with Crippen LogP contribution in [0.3, 0.4) is 0 Å². The van der Waals surface area contributed by atoms with Crippen LogP contribution in [-0.4, -0.2) is 47.2 Å². The number of halogens is 3. The lowest BCUT2D eigenvalue weighted by Gasteiger charge is -2.08. The van der Waals surface area contributed by atoms with Crippen molar-refractivity contribution in [2.24, 2.45) is 0 Å². The second kappa shape index (κ2) is 7.45. The van der Waals surface area contributed by atoms with Crippen LogP contribution in [0.4, 0.5) is 23.1 Å². The Balaban J connectivity index is 2.50. The van der Waals surface area contributed by atoms with E-state index in [2.05, 4.69) is 26.1 Å². The molecular weight excluding hydrogens is 331 g/mol. The topological polar surface area (TPSA) is 96.0 Å². The van der Waals surface area contributed by atoms with Crippen LogP contribution in [0, 0.1) is 0 Å². The lowest BCUT2D eigenvalue weighted by atomic mass is 10.4. The van der Waals surface area contributed by atoms with Crippen LogP contribution in [0.15, 0.2) is 4.34 Å². The minimum absolute atomic E-state index is 0.00809. The Bertz CT molecular complexity index is 508. The number of anilines is 1. The number of alkyl halides is 3. The summed E-state index contributed by atoms with van der Waals surface area (Å²) in [5.41, 5.74) is 0. The van der Waals surface area contributed by atoms with Crippen LogP contribution in [0.5, 0.6) is 0 Å². The zero-order valence-corrected chi connectivity index (χ0v) is 12.6. The van der Waals surface area contributed by atoms with Crippen LogP contribution < -0.4 is 16.0 Å². The molecular formula is C9H12F3N5O2S2. The molecule has 3 N–H and O–H groups in total. The first-order chi connectivity index (χ1) is 9.71. The minimum atomic E-state index is -4.35. The molecule has 0 saturated carbocycles. The summed E-state index contributed by atoms with van der Waals surface area (Å²) in [5, 5.41) is 13.0. The molecule has 118 valence electrons. The lowest BCUT2D eigenvalue weighted by Crippen LogP contribution is -2.41. The molecule has 1 heterocycles. The van der Waals surface area contributed by atoms with Gasteiger partial charge in [-0.15, -0.1) is 10.2 Å². The normalized spacial score (nSPS) is 12.6. The van der Waals surface area contributed by atoms with Crippen molar-refractivity contribution >= 4 is 40.2 Å². The quantitative estimate of drug-likeness (QED) is 0.701. The van der Waals surface area contributed by atoms with E-state index in [1.54, 1.807) is 0 Å². The first-order valence-corrected chi connectivity index (χ1v) is 7.24. The first kappa shape index (κ1) is 17.5. The Kier molecular flexibility index (Phi) is 6.20. The van der Waals surface area contributed by atoms with Crippen molar-refractivity contribution in [1.29, 1.82) is 0 Å². The number of carbonyl (C=O) groups excluding carboxylic acids is 2. The molecule has 0 radical (unpaired) electrons. The van der Waals surface area contributed by atoms with Crippen molar-refractivity contribution < 1.29 is 22.8 Å². The monoisotopic (exact) mass is 343 g/mol. The Labute approximate surface area is 126 Å². The first-order valence-electron chi connectivity index (χ1n) is 5.54. The summed E-state index contributed by atoms with van der Waals surface area (Å²) in [6, 6.07) is -0.641. The second-order valence-electron chi connectivity index (χ2n) is 3.67. The number of nitrogens with zero attached hydrogens (tertiary/aromatic N) is 2. The highest BCUT2D eigenvalue weighted by Gasteiger charge is 2.27. The van der Waals surface area contributed by atoms with Gasteiger partial charge in [-0.3, -0.25) is 10.1 Å². The second-order valence-corrected chi connectivity index (χ2v) is 6.24. The zero-order chi connectivity index (χ0) is 16.0. The number of urea groups is 1. The summed E-state index contributed by atoms with van der Waals surface area (Å²) in [5.74, 6) is -0.542. The largest absolute Gasteiger partial charge is 0.405 e.